The molecule has 1 heterocycles. The molecule has 2 rings (SSSR count). The van der Waals surface area contributed by atoms with Gasteiger partial charge < -0.3 is 14.6 Å². The summed E-state index contributed by atoms with van der Waals surface area (Å²) in [5, 5.41) is 8.93. The Hall–Kier alpha value is -1.13. The van der Waals surface area contributed by atoms with Gasteiger partial charge >= 0.3 is 0 Å². The van der Waals surface area contributed by atoms with E-state index in [2.05, 4.69) is 0 Å². The molecule has 1 aliphatic heterocycles. The van der Waals surface area contributed by atoms with Crippen LogP contribution in [-0.4, -0.2) is 11.9 Å². The molecule has 0 aliphatic carbocycles. The van der Waals surface area contributed by atoms with Crippen molar-refractivity contribution in [2.75, 3.05) is 6.79 Å². The zero-order chi connectivity index (χ0) is 9.26. The predicted molar refractivity (Wildman–Crippen MR) is 42.6 cm³/mol. The first-order valence-electron chi connectivity index (χ1n) is 3.94. The van der Waals surface area contributed by atoms with E-state index in [0.717, 1.165) is 0 Å². The molecule has 0 unspecified atom stereocenters. The summed E-state index contributed by atoms with van der Waals surface area (Å²) >= 11 is 0. The van der Waals surface area contributed by atoms with E-state index >= 15 is 0 Å². The molecule has 0 saturated carbocycles. The molecular weight excluding hydrogens is 175 g/mol. The number of ether oxygens (including phenoxy) is 2. The first-order chi connectivity index (χ1) is 6.31. The van der Waals surface area contributed by atoms with Crippen molar-refractivity contribution in [3.05, 3.63) is 29.1 Å². The summed E-state index contributed by atoms with van der Waals surface area (Å²) in [5.41, 5.74) is 1.12. The van der Waals surface area contributed by atoms with Crippen LogP contribution in [0.5, 0.6) is 5.75 Å². The van der Waals surface area contributed by atoms with E-state index in [1.807, 2.05) is 0 Å². The molecule has 4 heteroatoms. The maximum absolute atomic E-state index is 12.9. The Balaban J connectivity index is 2.50. The Bertz CT molecular complexity index is 308. The maximum Gasteiger partial charge on any atom is 0.189 e. The van der Waals surface area contributed by atoms with Crippen LogP contribution in [0.25, 0.3) is 0 Å². The van der Waals surface area contributed by atoms with E-state index in [4.69, 9.17) is 14.6 Å². The number of hydrogen-bond acceptors (Lipinski definition) is 3. The van der Waals surface area contributed by atoms with Crippen LogP contribution in [0.15, 0.2) is 12.1 Å². The highest BCUT2D eigenvalue weighted by Gasteiger charge is 2.15. The molecular formula is C9H9FO3. The number of fused-ring (bicyclic) bond motifs is 1. The van der Waals surface area contributed by atoms with Crippen LogP contribution in [0.1, 0.15) is 11.1 Å². The molecule has 13 heavy (non-hydrogen) atoms. The van der Waals surface area contributed by atoms with E-state index in [0.29, 0.717) is 23.5 Å². The lowest BCUT2D eigenvalue weighted by Gasteiger charge is -2.19. The molecule has 0 saturated heterocycles. The number of aliphatic hydroxyl groups is 1. The summed E-state index contributed by atoms with van der Waals surface area (Å²) in [6.45, 7) is 0.270. The fraction of sp³-hybridized carbons (Fsp3) is 0.333. The molecule has 0 atom stereocenters. The van der Waals surface area contributed by atoms with Crippen LogP contribution in [0, 0.1) is 5.82 Å². The predicted octanol–water partition coefficient (Wildman–Crippen LogP) is 1.18. The van der Waals surface area contributed by atoms with Crippen molar-refractivity contribution < 1.29 is 19.0 Å². The van der Waals surface area contributed by atoms with Crippen molar-refractivity contribution in [2.24, 2.45) is 0 Å². The van der Waals surface area contributed by atoms with Gasteiger partial charge in [0.1, 0.15) is 11.6 Å². The van der Waals surface area contributed by atoms with E-state index in [-0.39, 0.29) is 19.2 Å². The number of aliphatic hydroxyl groups excluding tert-OH is 1. The largest absolute Gasteiger partial charge is 0.467 e. The summed E-state index contributed by atoms with van der Waals surface area (Å²) in [6, 6.07) is 2.62. The van der Waals surface area contributed by atoms with E-state index in [9.17, 15) is 4.39 Å². The molecule has 1 aliphatic rings. The van der Waals surface area contributed by atoms with Crippen molar-refractivity contribution in [3.63, 3.8) is 0 Å². The summed E-state index contributed by atoms with van der Waals surface area (Å²) in [7, 11) is 0. The Morgan fingerprint density at radius 3 is 3.08 bits per heavy atom. The maximum atomic E-state index is 12.9. The molecule has 1 aromatic carbocycles. The summed E-state index contributed by atoms with van der Waals surface area (Å²) in [4.78, 5) is 0. The molecule has 0 aromatic heterocycles. The first kappa shape index (κ1) is 8.47. The minimum atomic E-state index is -0.378. The lowest BCUT2D eigenvalue weighted by atomic mass is 10.1. The minimum absolute atomic E-state index is 0.158. The van der Waals surface area contributed by atoms with Crippen LogP contribution in [0.2, 0.25) is 0 Å². The molecule has 0 fully saturated rings. The Morgan fingerprint density at radius 2 is 2.31 bits per heavy atom. The lowest BCUT2D eigenvalue weighted by molar-refractivity contribution is -0.0179. The standard InChI is InChI=1S/C9H9FO3/c10-8-1-6(3-11)9-7(2-8)4-12-5-13-9/h1-2,11H,3-5H2. The molecule has 0 amide bonds. The molecule has 0 radical (unpaired) electrons. The molecule has 70 valence electrons. The smallest absolute Gasteiger partial charge is 0.189 e. The molecule has 1 aromatic rings. The second kappa shape index (κ2) is 3.32. The molecule has 3 nitrogen and oxygen atoms in total. The Morgan fingerprint density at radius 1 is 1.46 bits per heavy atom. The summed E-state index contributed by atoms with van der Waals surface area (Å²) in [6.07, 6.45) is 0. The Kier molecular flexibility index (Phi) is 2.16. The van der Waals surface area contributed by atoms with Gasteiger partial charge in [-0.25, -0.2) is 4.39 Å². The van der Waals surface area contributed by atoms with Crippen molar-refractivity contribution >= 4 is 0 Å². The second-order valence-corrected chi connectivity index (χ2v) is 2.82. The van der Waals surface area contributed by atoms with Crippen LogP contribution in [0.3, 0.4) is 0 Å². The normalized spacial score (nSPS) is 14.9. The minimum Gasteiger partial charge on any atom is -0.467 e. The average Bonchev–Trinajstić information content (AvgIpc) is 2.16. The molecule has 0 spiro atoms. The van der Waals surface area contributed by atoms with E-state index in [1.165, 1.54) is 12.1 Å². The fourth-order valence-electron chi connectivity index (χ4n) is 1.37. The van der Waals surface area contributed by atoms with Crippen molar-refractivity contribution in [1.82, 2.24) is 0 Å². The van der Waals surface area contributed by atoms with Gasteiger partial charge in [0, 0.05) is 11.1 Å². The average molecular weight is 184 g/mol. The second-order valence-electron chi connectivity index (χ2n) is 2.82. The fourth-order valence-corrected chi connectivity index (χ4v) is 1.37. The first-order valence-corrected chi connectivity index (χ1v) is 3.94. The van der Waals surface area contributed by atoms with Gasteiger partial charge in [-0.1, -0.05) is 0 Å². The Labute approximate surface area is 74.7 Å². The SMILES string of the molecule is OCc1cc(F)cc2c1OCOC2. The summed E-state index contributed by atoms with van der Waals surface area (Å²) in [5.74, 6) is 0.173. The highest BCUT2D eigenvalue weighted by Crippen LogP contribution is 2.29. The number of halogens is 1. The van der Waals surface area contributed by atoms with Crippen molar-refractivity contribution in [2.45, 2.75) is 13.2 Å². The third-order valence-electron chi connectivity index (χ3n) is 1.92. The van der Waals surface area contributed by atoms with Gasteiger partial charge in [0.15, 0.2) is 6.79 Å². The number of rotatable bonds is 1. The molecule has 0 bridgehead atoms. The highest BCUT2D eigenvalue weighted by molar-refractivity contribution is 5.42. The van der Waals surface area contributed by atoms with Crippen molar-refractivity contribution in [3.8, 4) is 5.75 Å². The molecule has 1 N–H and O–H groups in total. The van der Waals surface area contributed by atoms with Gasteiger partial charge in [0.05, 0.1) is 13.2 Å². The van der Waals surface area contributed by atoms with Crippen LogP contribution in [-0.2, 0) is 18.0 Å². The van der Waals surface area contributed by atoms with Gasteiger partial charge in [0.25, 0.3) is 0 Å². The van der Waals surface area contributed by atoms with Gasteiger partial charge in [-0.2, -0.15) is 0 Å². The monoisotopic (exact) mass is 184 g/mol. The summed E-state index contributed by atoms with van der Waals surface area (Å²) < 4.78 is 23.1. The van der Waals surface area contributed by atoms with Gasteiger partial charge in [-0.15, -0.1) is 0 Å². The number of benzene rings is 1. The van der Waals surface area contributed by atoms with Crippen LogP contribution < -0.4 is 4.74 Å². The van der Waals surface area contributed by atoms with Crippen molar-refractivity contribution in [1.29, 1.82) is 0 Å². The van der Waals surface area contributed by atoms with Crippen LogP contribution in [0.4, 0.5) is 4.39 Å². The van der Waals surface area contributed by atoms with Gasteiger partial charge in [0.2, 0.25) is 0 Å². The third kappa shape index (κ3) is 1.50. The highest BCUT2D eigenvalue weighted by atomic mass is 19.1. The van der Waals surface area contributed by atoms with E-state index in [1.54, 1.807) is 0 Å². The third-order valence-corrected chi connectivity index (χ3v) is 1.92. The number of hydrogen-bond donors (Lipinski definition) is 1. The zero-order valence-electron chi connectivity index (χ0n) is 6.92. The van der Waals surface area contributed by atoms with Gasteiger partial charge in [-0.3, -0.25) is 0 Å². The van der Waals surface area contributed by atoms with E-state index < -0.39 is 0 Å². The quantitative estimate of drug-likeness (QED) is 0.712. The topological polar surface area (TPSA) is 38.7 Å². The van der Waals surface area contributed by atoms with Gasteiger partial charge in [-0.05, 0) is 12.1 Å². The zero-order valence-corrected chi connectivity index (χ0v) is 6.92. The lowest BCUT2D eigenvalue weighted by Crippen LogP contribution is -2.13. The van der Waals surface area contributed by atoms with Crippen LogP contribution >= 0.6 is 0 Å².